The van der Waals surface area contributed by atoms with Gasteiger partial charge in [-0.3, -0.25) is 4.79 Å². The molecule has 2 rings (SSSR count). The van der Waals surface area contributed by atoms with E-state index in [0.717, 1.165) is 5.56 Å². The smallest absolute Gasteiger partial charge is 0.224 e. The van der Waals surface area contributed by atoms with E-state index in [4.69, 9.17) is 11.6 Å². The van der Waals surface area contributed by atoms with E-state index < -0.39 is 0 Å². The van der Waals surface area contributed by atoms with Crippen molar-refractivity contribution in [3.8, 4) is 5.75 Å². The monoisotopic (exact) mass is 197 g/mol. The van der Waals surface area contributed by atoms with Gasteiger partial charge in [-0.1, -0.05) is 11.6 Å². The van der Waals surface area contributed by atoms with Crippen LogP contribution in [0.25, 0.3) is 0 Å². The third-order valence-corrected chi connectivity index (χ3v) is 2.41. The first-order chi connectivity index (χ1) is 6.18. The summed E-state index contributed by atoms with van der Waals surface area (Å²) < 4.78 is 0. The van der Waals surface area contributed by atoms with Gasteiger partial charge in [-0.2, -0.15) is 0 Å². The van der Waals surface area contributed by atoms with Crippen molar-refractivity contribution in [1.82, 2.24) is 0 Å². The number of halogens is 1. The second-order valence-electron chi connectivity index (χ2n) is 2.97. The molecule has 1 aromatic rings. The SMILES string of the molecule is O=C1CCc2c(ccc(Cl)c2O)N1. The molecule has 0 saturated carbocycles. The van der Waals surface area contributed by atoms with Gasteiger partial charge in [0, 0.05) is 17.7 Å². The van der Waals surface area contributed by atoms with Crippen LogP contribution in [0.4, 0.5) is 5.69 Å². The van der Waals surface area contributed by atoms with Crippen LogP contribution in [0.2, 0.25) is 5.02 Å². The number of fused-ring (bicyclic) bond motifs is 1. The summed E-state index contributed by atoms with van der Waals surface area (Å²) in [4.78, 5) is 11.0. The van der Waals surface area contributed by atoms with Crippen molar-refractivity contribution < 1.29 is 9.90 Å². The van der Waals surface area contributed by atoms with Gasteiger partial charge >= 0.3 is 0 Å². The number of amides is 1. The second-order valence-corrected chi connectivity index (χ2v) is 3.38. The van der Waals surface area contributed by atoms with Crippen molar-refractivity contribution in [3.05, 3.63) is 22.7 Å². The Balaban J connectivity index is 2.53. The number of benzene rings is 1. The molecule has 1 heterocycles. The molecule has 1 aliphatic rings. The van der Waals surface area contributed by atoms with E-state index in [0.29, 0.717) is 23.6 Å². The first kappa shape index (κ1) is 8.38. The van der Waals surface area contributed by atoms with Crippen LogP contribution in [-0.2, 0) is 11.2 Å². The number of anilines is 1. The number of hydrogen-bond acceptors (Lipinski definition) is 2. The average molecular weight is 198 g/mol. The maximum atomic E-state index is 11.0. The topological polar surface area (TPSA) is 49.3 Å². The van der Waals surface area contributed by atoms with Crippen LogP contribution in [0, 0.1) is 0 Å². The zero-order chi connectivity index (χ0) is 9.42. The van der Waals surface area contributed by atoms with E-state index in [-0.39, 0.29) is 11.7 Å². The van der Waals surface area contributed by atoms with Gasteiger partial charge in [-0.15, -0.1) is 0 Å². The lowest BCUT2D eigenvalue weighted by Gasteiger charge is -2.17. The van der Waals surface area contributed by atoms with Crippen LogP contribution in [-0.4, -0.2) is 11.0 Å². The Kier molecular flexibility index (Phi) is 1.88. The Labute approximate surface area is 80.3 Å². The molecule has 13 heavy (non-hydrogen) atoms. The molecule has 3 nitrogen and oxygen atoms in total. The number of rotatable bonds is 0. The molecule has 0 bridgehead atoms. The van der Waals surface area contributed by atoms with Gasteiger partial charge < -0.3 is 10.4 Å². The minimum Gasteiger partial charge on any atom is -0.506 e. The van der Waals surface area contributed by atoms with Crippen molar-refractivity contribution >= 4 is 23.2 Å². The predicted octanol–water partition coefficient (Wildman–Crippen LogP) is 1.93. The molecule has 0 aromatic heterocycles. The molecule has 0 aliphatic carbocycles. The average Bonchev–Trinajstić information content (AvgIpc) is 2.12. The van der Waals surface area contributed by atoms with Crippen LogP contribution in [0.1, 0.15) is 12.0 Å². The summed E-state index contributed by atoms with van der Waals surface area (Å²) in [7, 11) is 0. The van der Waals surface area contributed by atoms with Crippen molar-refractivity contribution in [1.29, 1.82) is 0 Å². The zero-order valence-corrected chi connectivity index (χ0v) is 7.56. The lowest BCUT2D eigenvalue weighted by molar-refractivity contribution is -0.116. The fraction of sp³-hybridized carbons (Fsp3) is 0.222. The van der Waals surface area contributed by atoms with Crippen LogP contribution in [0.3, 0.4) is 0 Å². The minimum absolute atomic E-state index is 0.0192. The molecule has 0 atom stereocenters. The third kappa shape index (κ3) is 1.35. The highest BCUT2D eigenvalue weighted by Crippen LogP contribution is 2.35. The van der Waals surface area contributed by atoms with Crippen molar-refractivity contribution in [3.63, 3.8) is 0 Å². The Hall–Kier alpha value is -1.22. The van der Waals surface area contributed by atoms with Gasteiger partial charge in [0.15, 0.2) is 0 Å². The van der Waals surface area contributed by atoms with Gasteiger partial charge in [0.05, 0.1) is 5.02 Å². The van der Waals surface area contributed by atoms with E-state index in [1.807, 2.05) is 0 Å². The summed E-state index contributed by atoms with van der Waals surface area (Å²) in [5, 5.41) is 12.5. The Morgan fingerprint density at radius 3 is 2.92 bits per heavy atom. The van der Waals surface area contributed by atoms with E-state index in [1.165, 1.54) is 0 Å². The normalized spacial score (nSPS) is 15.0. The zero-order valence-electron chi connectivity index (χ0n) is 6.80. The van der Waals surface area contributed by atoms with Crippen LogP contribution in [0.15, 0.2) is 12.1 Å². The molecule has 2 N–H and O–H groups in total. The lowest BCUT2D eigenvalue weighted by atomic mass is 10.0. The number of aromatic hydroxyl groups is 1. The number of phenols is 1. The minimum atomic E-state index is -0.0192. The van der Waals surface area contributed by atoms with Gasteiger partial charge in [0.2, 0.25) is 5.91 Å². The first-order valence-electron chi connectivity index (χ1n) is 3.98. The van der Waals surface area contributed by atoms with E-state index in [1.54, 1.807) is 12.1 Å². The summed E-state index contributed by atoms with van der Waals surface area (Å²) in [6.07, 6.45) is 0.953. The van der Waals surface area contributed by atoms with Gasteiger partial charge in [-0.05, 0) is 18.6 Å². The molecule has 1 aliphatic heterocycles. The highest BCUT2D eigenvalue weighted by Gasteiger charge is 2.18. The number of carbonyl (C=O) groups excluding carboxylic acids is 1. The summed E-state index contributed by atoms with van der Waals surface area (Å²) in [6, 6.07) is 3.27. The molecular weight excluding hydrogens is 190 g/mol. The van der Waals surface area contributed by atoms with Crippen LogP contribution < -0.4 is 5.32 Å². The summed E-state index contributed by atoms with van der Waals surface area (Å²) >= 11 is 5.72. The highest BCUT2D eigenvalue weighted by molar-refractivity contribution is 6.32. The van der Waals surface area contributed by atoms with Gasteiger partial charge in [-0.25, -0.2) is 0 Å². The fourth-order valence-corrected chi connectivity index (χ4v) is 1.61. The predicted molar refractivity (Wildman–Crippen MR) is 50.1 cm³/mol. The number of carbonyl (C=O) groups is 1. The number of hydrogen-bond donors (Lipinski definition) is 2. The molecule has 4 heteroatoms. The standard InChI is InChI=1S/C9H8ClNO2/c10-6-2-3-7-5(9(6)13)1-4-8(12)11-7/h2-3,13H,1,4H2,(H,11,12). The molecule has 0 fully saturated rings. The first-order valence-corrected chi connectivity index (χ1v) is 4.36. The molecular formula is C9H8ClNO2. The largest absolute Gasteiger partial charge is 0.506 e. The third-order valence-electron chi connectivity index (χ3n) is 2.11. The molecule has 0 unspecified atom stereocenters. The Morgan fingerprint density at radius 1 is 1.38 bits per heavy atom. The molecule has 0 spiro atoms. The Morgan fingerprint density at radius 2 is 2.15 bits per heavy atom. The van der Waals surface area contributed by atoms with Crippen LogP contribution >= 0.6 is 11.6 Å². The van der Waals surface area contributed by atoms with Gasteiger partial charge in [0.25, 0.3) is 0 Å². The van der Waals surface area contributed by atoms with Crippen LogP contribution in [0.5, 0.6) is 5.75 Å². The van der Waals surface area contributed by atoms with E-state index in [9.17, 15) is 9.90 Å². The molecule has 0 saturated heterocycles. The lowest BCUT2D eigenvalue weighted by Crippen LogP contribution is -2.18. The summed E-state index contributed by atoms with van der Waals surface area (Å²) in [5.74, 6) is 0.0633. The molecule has 68 valence electrons. The number of phenolic OH excluding ortho intramolecular Hbond substituents is 1. The second kappa shape index (κ2) is 2.92. The molecule has 1 amide bonds. The van der Waals surface area contributed by atoms with E-state index in [2.05, 4.69) is 5.32 Å². The van der Waals surface area contributed by atoms with Gasteiger partial charge in [0.1, 0.15) is 5.75 Å². The molecule has 0 radical (unpaired) electrons. The summed E-state index contributed by atoms with van der Waals surface area (Å²) in [6.45, 7) is 0. The number of nitrogens with one attached hydrogen (secondary N) is 1. The quantitative estimate of drug-likeness (QED) is 0.668. The van der Waals surface area contributed by atoms with Crippen molar-refractivity contribution in [2.75, 3.05) is 5.32 Å². The Bertz CT molecular complexity index is 376. The van der Waals surface area contributed by atoms with Crippen molar-refractivity contribution in [2.24, 2.45) is 0 Å². The van der Waals surface area contributed by atoms with E-state index >= 15 is 0 Å². The van der Waals surface area contributed by atoms with Crippen molar-refractivity contribution in [2.45, 2.75) is 12.8 Å². The fourth-order valence-electron chi connectivity index (χ4n) is 1.43. The molecule has 1 aromatic carbocycles. The maximum absolute atomic E-state index is 11.0. The highest BCUT2D eigenvalue weighted by atomic mass is 35.5. The maximum Gasteiger partial charge on any atom is 0.224 e. The summed E-state index contributed by atoms with van der Waals surface area (Å²) in [5.41, 5.74) is 1.39.